The van der Waals surface area contributed by atoms with Crippen LogP contribution >= 0.6 is 11.8 Å². The summed E-state index contributed by atoms with van der Waals surface area (Å²) in [7, 11) is 1.63. The molecule has 0 N–H and O–H groups in total. The summed E-state index contributed by atoms with van der Waals surface area (Å²) in [4.78, 5) is 11.3. The number of nitro benzene ring substituents is 1. The summed E-state index contributed by atoms with van der Waals surface area (Å²) in [5.41, 5.74) is 2.45. The molecule has 0 spiro atoms. The summed E-state index contributed by atoms with van der Waals surface area (Å²) in [6.07, 6.45) is 1.90. The number of aryl methyl sites for hydroxylation is 1. The lowest BCUT2D eigenvalue weighted by Gasteiger charge is -2.16. The van der Waals surface area contributed by atoms with Crippen molar-refractivity contribution in [3.63, 3.8) is 0 Å². The van der Waals surface area contributed by atoms with Crippen molar-refractivity contribution < 1.29 is 14.1 Å². The zero-order valence-corrected chi connectivity index (χ0v) is 18.4. The second-order valence-corrected chi connectivity index (χ2v) is 8.14. The highest BCUT2D eigenvalue weighted by Crippen LogP contribution is 2.36. The Morgan fingerprint density at radius 2 is 1.76 bits per heavy atom. The SMILES string of the molecule is COc1ccc(C2=Nn3c(C)nnc3S/C2=C\c2ccc(-c3ccc([N+](=O)[O-])cc3)o2)cc1. The van der Waals surface area contributed by atoms with E-state index >= 15 is 0 Å². The number of benzene rings is 2. The molecular weight excluding hydrogens is 442 g/mol. The van der Waals surface area contributed by atoms with Crippen LogP contribution in [0.5, 0.6) is 5.75 Å². The van der Waals surface area contributed by atoms with Crippen molar-refractivity contribution in [2.45, 2.75) is 12.1 Å². The van der Waals surface area contributed by atoms with Gasteiger partial charge in [0.1, 0.15) is 23.0 Å². The van der Waals surface area contributed by atoms with Gasteiger partial charge in [-0.15, -0.1) is 10.2 Å². The smallest absolute Gasteiger partial charge is 0.269 e. The molecule has 5 rings (SSSR count). The number of aromatic nitrogens is 3. The Bertz CT molecular complexity index is 1400. The lowest BCUT2D eigenvalue weighted by Crippen LogP contribution is -2.12. The summed E-state index contributed by atoms with van der Waals surface area (Å²) in [6.45, 7) is 1.85. The van der Waals surface area contributed by atoms with Crippen LogP contribution in [0.4, 0.5) is 5.69 Å². The van der Waals surface area contributed by atoms with Crippen molar-refractivity contribution >= 4 is 29.2 Å². The standard InChI is InChI=1S/C23H17N5O4S/c1-14-24-25-23-27(14)26-22(16-5-9-18(31-2)10-6-16)21(33-23)13-19-11-12-20(32-19)15-3-7-17(8-4-15)28(29)30/h3-13H,1-2H3/b21-13-. The second kappa shape index (κ2) is 8.40. The largest absolute Gasteiger partial charge is 0.497 e. The molecule has 0 bridgehead atoms. The van der Waals surface area contributed by atoms with E-state index in [0.29, 0.717) is 22.5 Å². The number of allylic oxidation sites excluding steroid dienone is 1. The highest BCUT2D eigenvalue weighted by molar-refractivity contribution is 8.04. The average molecular weight is 459 g/mol. The van der Waals surface area contributed by atoms with Gasteiger partial charge in [0.05, 0.1) is 12.0 Å². The van der Waals surface area contributed by atoms with Gasteiger partial charge < -0.3 is 9.15 Å². The Morgan fingerprint density at radius 3 is 2.45 bits per heavy atom. The Kier molecular flexibility index (Phi) is 5.27. The number of hydrogen-bond donors (Lipinski definition) is 0. The zero-order chi connectivity index (χ0) is 22.9. The minimum atomic E-state index is -0.428. The Hall–Kier alpha value is -4.18. The van der Waals surface area contributed by atoms with Gasteiger partial charge in [-0.05, 0) is 73.3 Å². The highest BCUT2D eigenvalue weighted by Gasteiger charge is 2.23. The number of nitro groups is 1. The molecule has 9 nitrogen and oxygen atoms in total. The first-order chi connectivity index (χ1) is 16.0. The highest BCUT2D eigenvalue weighted by atomic mass is 32.2. The van der Waals surface area contributed by atoms with E-state index in [1.165, 1.54) is 23.9 Å². The Balaban J connectivity index is 1.51. The molecule has 0 radical (unpaired) electrons. The van der Waals surface area contributed by atoms with Crippen LogP contribution in [-0.2, 0) is 0 Å². The topological polar surface area (TPSA) is 109 Å². The third-order valence-corrected chi connectivity index (χ3v) is 6.00. The monoisotopic (exact) mass is 459 g/mol. The molecule has 33 heavy (non-hydrogen) atoms. The second-order valence-electron chi connectivity index (χ2n) is 7.14. The molecule has 0 saturated carbocycles. The predicted octanol–water partition coefficient (Wildman–Crippen LogP) is 5.16. The van der Waals surface area contributed by atoms with Crippen LogP contribution in [0.1, 0.15) is 17.1 Å². The first-order valence-corrected chi connectivity index (χ1v) is 10.7. The fraction of sp³-hybridized carbons (Fsp3) is 0.0870. The average Bonchev–Trinajstić information content (AvgIpc) is 3.45. The van der Waals surface area contributed by atoms with Gasteiger partial charge in [0.25, 0.3) is 5.69 Å². The van der Waals surface area contributed by atoms with Gasteiger partial charge in [0, 0.05) is 28.2 Å². The van der Waals surface area contributed by atoms with Crippen molar-refractivity contribution in [1.29, 1.82) is 0 Å². The van der Waals surface area contributed by atoms with Gasteiger partial charge in [-0.25, -0.2) is 0 Å². The van der Waals surface area contributed by atoms with Crippen LogP contribution in [0, 0.1) is 17.0 Å². The van der Waals surface area contributed by atoms with E-state index in [9.17, 15) is 10.1 Å². The number of ether oxygens (including phenoxy) is 1. The third-order valence-electron chi connectivity index (χ3n) is 5.03. The molecule has 0 atom stereocenters. The van der Waals surface area contributed by atoms with Crippen LogP contribution in [0.15, 0.2) is 80.2 Å². The van der Waals surface area contributed by atoms with Crippen molar-refractivity contribution in [1.82, 2.24) is 14.9 Å². The van der Waals surface area contributed by atoms with Crippen molar-refractivity contribution in [2.75, 3.05) is 7.11 Å². The maximum absolute atomic E-state index is 10.9. The van der Waals surface area contributed by atoms with Crippen LogP contribution in [0.25, 0.3) is 17.4 Å². The summed E-state index contributed by atoms with van der Waals surface area (Å²) < 4.78 is 13.0. The summed E-state index contributed by atoms with van der Waals surface area (Å²) in [5, 5.41) is 24.7. The Morgan fingerprint density at radius 1 is 1.03 bits per heavy atom. The molecule has 0 saturated heterocycles. The lowest BCUT2D eigenvalue weighted by molar-refractivity contribution is -0.384. The van der Waals surface area contributed by atoms with Gasteiger partial charge in [-0.1, -0.05) is 0 Å². The fourth-order valence-electron chi connectivity index (χ4n) is 3.32. The number of rotatable bonds is 5. The molecule has 10 heteroatoms. The quantitative estimate of drug-likeness (QED) is 0.299. The van der Waals surface area contributed by atoms with E-state index in [4.69, 9.17) is 14.3 Å². The maximum atomic E-state index is 10.9. The number of methoxy groups -OCH3 is 1. The van der Waals surface area contributed by atoms with E-state index in [2.05, 4.69) is 10.2 Å². The van der Waals surface area contributed by atoms with Crippen molar-refractivity contribution in [2.24, 2.45) is 5.10 Å². The van der Waals surface area contributed by atoms with Gasteiger partial charge in [0.2, 0.25) is 5.16 Å². The molecule has 164 valence electrons. The first-order valence-electron chi connectivity index (χ1n) is 9.92. The fourth-order valence-corrected chi connectivity index (χ4v) is 4.29. The summed E-state index contributed by atoms with van der Waals surface area (Å²) in [6, 6.07) is 17.6. The zero-order valence-electron chi connectivity index (χ0n) is 17.6. The van der Waals surface area contributed by atoms with Crippen LogP contribution in [-0.4, -0.2) is 32.6 Å². The normalized spacial score (nSPS) is 14.1. The molecule has 1 aliphatic rings. The number of furan rings is 1. The molecule has 1 aliphatic heterocycles. The van der Waals surface area contributed by atoms with Crippen molar-refractivity contribution in [3.05, 3.63) is 92.8 Å². The van der Waals surface area contributed by atoms with Crippen LogP contribution in [0.2, 0.25) is 0 Å². The minimum absolute atomic E-state index is 0.0333. The van der Waals surface area contributed by atoms with Crippen LogP contribution in [0.3, 0.4) is 0 Å². The molecule has 2 aromatic carbocycles. The Labute approximate surface area is 192 Å². The number of hydrogen-bond acceptors (Lipinski definition) is 8. The number of thioether (sulfide) groups is 1. The molecule has 0 unspecified atom stereocenters. The van der Waals surface area contributed by atoms with Gasteiger partial charge in [-0.3, -0.25) is 10.1 Å². The number of nitrogens with zero attached hydrogens (tertiary/aromatic N) is 5. The molecular formula is C23H17N5O4S. The lowest BCUT2D eigenvalue weighted by atomic mass is 10.1. The van der Waals surface area contributed by atoms with Gasteiger partial charge in [0.15, 0.2) is 5.82 Å². The van der Waals surface area contributed by atoms with E-state index in [0.717, 1.165) is 27.5 Å². The molecule has 4 aromatic rings. The third kappa shape index (κ3) is 4.03. The van der Waals surface area contributed by atoms with Crippen LogP contribution < -0.4 is 4.74 Å². The van der Waals surface area contributed by atoms with E-state index in [1.807, 2.05) is 49.4 Å². The molecule has 0 aliphatic carbocycles. The predicted molar refractivity (Wildman–Crippen MR) is 124 cm³/mol. The van der Waals surface area contributed by atoms with E-state index in [1.54, 1.807) is 23.9 Å². The van der Waals surface area contributed by atoms with E-state index in [-0.39, 0.29) is 5.69 Å². The molecule has 0 amide bonds. The van der Waals surface area contributed by atoms with Gasteiger partial charge in [-0.2, -0.15) is 9.78 Å². The van der Waals surface area contributed by atoms with E-state index < -0.39 is 4.92 Å². The van der Waals surface area contributed by atoms with Gasteiger partial charge >= 0.3 is 0 Å². The number of non-ortho nitro benzene ring substituents is 1. The minimum Gasteiger partial charge on any atom is -0.497 e. The maximum Gasteiger partial charge on any atom is 0.269 e. The number of fused-ring (bicyclic) bond motifs is 1. The molecule has 3 heterocycles. The van der Waals surface area contributed by atoms with Crippen molar-refractivity contribution in [3.8, 4) is 17.1 Å². The first kappa shape index (κ1) is 20.7. The molecule has 2 aromatic heterocycles. The molecule has 0 fully saturated rings. The summed E-state index contributed by atoms with van der Waals surface area (Å²) >= 11 is 1.45. The summed E-state index contributed by atoms with van der Waals surface area (Å²) in [5.74, 6) is 2.69.